The molecule has 0 spiro atoms. The number of nitrogens with one attached hydrogen (secondary N) is 1. The van der Waals surface area contributed by atoms with Crippen molar-refractivity contribution in [1.29, 1.82) is 0 Å². The number of benzene rings is 2. The first-order chi connectivity index (χ1) is 15.4. The number of amides is 1. The number of piperidine rings is 1. The lowest BCUT2D eigenvalue weighted by atomic mass is 10.2. The highest BCUT2D eigenvalue weighted by Crippen LogP contribution is 2.31. The molecule has 0 aliphatic carbocycles. The van der Waals surface area contributed by atoms with E-state index in [2.05, 4.69) is 5.32 Å². The molecule has 1 aliphatic heterocycles. The third-order valence-corrected chi connectivity index (χ3v) is 7.03. The maximum absolute atomic E-state index is 13.1. The molecule has 1 aliphatic rings. The standard InChI is InChI=1S/C23H30N2O6S/c1-3-30-19-8-10-20(11-9-19)31-16-13-23(26)24-18-7-12-21(29-2)22(17-18)32(27,28)25-14-5-4-6-15-25/h7-12,17H,3-6,13-16H2,1-2H3,(H,24,26). The van der Waals surface area contributed by atoms with Gasteiger partial charge in [0.1, 0.15) is 22.1 Å². The van der Waals surface area contributed by atoms with Gasteiger partial charge in [0.05, 0.1) is 26.7 Å². The Bertz CT molecular complexity index is 1000. The van der Waals surface area contributed by atoms with Crippen molar-refractivity contribution in [2.45, 2.75) is 37.5 Å². The van der Waals surface area contributed by atoms with E-state index in [4.69, 9.17) is 14.2 Å². The topological polar surface area (TPSA) is 94.2 Å². The van der Waals surface area contributed by atoms with E-state index in [-0.39, 0.29) is 29.6 Å². The summed E-state index contributed by atoms with van der Waals surface area (Å²) in [4.78, 5) is 12.4. The van der Waals surface area contributed by atoms with Crippen LogP contribution in [-0.2, 0) is 14.8 Å². The monoisotopic (exact) mass is 462 g/mol. The predicted molar refractivity (Wildman–Crippen MR) is 122 cm³/mol. The van der Waals surface area contributed by atoms with Crippen LogP contribution in [0.4, 0.5) is 5.69 Å². The summed E-state index contributed by atoms with van der Waals surface area (Å²) in [5.41, 5.74) is 0.396. The Labute approximate surface area is 189 Å². The van der Waals surface area contributed by atoms with E-state index in [0.717, 1.165) is 25.0 Å². The molecule has 0 radical (unpaired) electrons. The average Bonchev–Trinajstić information content (AvgIpc) is 2.81. The van der Waals surface area contributed by atoms with Crippen LogP contribution in [0.3, 0.4) is 0 Å². The lowest BCUT2D eigenvalue weighted by Gasteiger charge is -2.26. The van der Waals surface area contributed by atoms with Crippen LogP contribution in [0.5, 0.6) is 17.2 Å². The van der Waals surface area contributed by atoms with Crippen molar-refractivity contribution in [3.05, 3.63) is 42.5 Å². The quantitative estimate of drug-likeness (QED) is 0.579. The zero-order chi connectivity index (χ0) is 23.0. The van der Waals surface area contributed by atoms with Crippen molar-refractivity contribution >= 4 is 21.6 Å². The van der Waals surface area contributed by atoms with Gasteiger partial charge in [-0.25, -0.2) is 8.42 Å². The largest absolute Gasteiger partial charge is 0.495 e. The first kappa shape index (κ1) is 23.9. The Morgan fingerprint density at radius 1 is 1.00 bits per heavy atom. The summed E-state index contributed by atoms with van der Waals surface area (Å²) in [7, 11) is -2.27. The molecule has 1 N–H and O–H groups in total. The summed E-state index contributed by atoms with van der Waals surface area (Å²) in [6, 6.07) is 11.8. The maximum atomic E-state index is 13.1. The number of nitrogens with zero attached hydrogens (tertiary/aromatic N) is 1. The molecule has 2 aromatic rings. The Morgan fingerprint density at radius 3 is 2.28 bits per heavy atom. The zero-order valence-corrected chi connectivity index (χ0v) is 19.3. The van der Waals surface area contributed by atoms with Gasteiger partial charge in [-0.05, 0) is 62.2 Å². The fourth-order valence-corrected chi connectivity index (χ4v) is 5.18. The molecule has 0 saturated carbocycles. The highest BCUT2D eigenvalue weighted by molar-refractivity contribution is 7.89. The lowest BCUT2D eigenvalue weighted by Crippen LogP contribution is -2.35. The van der Waals surface area contributed by atoms with Gasteiger partial charge >= 0.3 is 0 Å². The molecule has 3 rings (SSSR count). The van der Waals surface area contributed by atoms with Gasteiger partial charge in [-0.2, -0.15) is 4.31 Å². The van der Waals surface area contributed by atoms with Crippen LogP contribution < -0.4 is 19.5 Å². The van der Waals surface area contributed by atoms with E-state index in [1.165, 1.54) is 17.5 Å². The number of carbonyl (C=O) groups is 1. The van der Waals surface area contributed by atoms with Gasteiger partial charge in [0.25, 0.3) is 0 Å². The number of rotatable bonds is 10. The summed E-state index contributed by atoms with van der Waals surface area (Å²) in [6.07, 6.45) is 2.82. The van der Waals surface area contributed by atoms with Crippen LogP contribution in [-0.4, -0.2) is 52.0 Å². The van der Waals surface area contributed by atoms with E-state index >= 15 is 0 Å². The van der Waals surface area contributed by atoms with Crippen molar-refractivity contribution < 1.29 is 27.4 Å². The van der Waals surface area contributed by atoms with Gasteiger partial charge in [0.15, 0.2) is 0 Å². The molecule has 1 saturated heterocycles. The fourth-order valence-electron chi connectivity index (χ4n) is 3.48. The van der Waals surface area contributed by atoms with Crippen molar-refractivity contribution in [1.82, 2.24) is 4.31 Å². The second kappa shape index (κ2) is 11.2. The van der Waals surface area contributed by atoms with Crippen molar-refractivity contribution in [2.75, 3.05) is 38.7 Å². The Morgan fingerprint density at radius 2 is 1.66 bits per heavy atom. The third kappa shape index (κ3) is 6.14. The normalized spacial score (nSPS) is 14.6. The molecule has 1 heterocycles. The van der Waals surface area contributed by atoms with Crippen LogP contribution in [0.15, 0.2) is 47.4 Å². The van der Waals surface area contributed by atoms with E-state index in [0.29, 0.717) is 31.1 Å². The van der Waals surface area contributed by atoms with Gasteiger partial charge in [-0.1, -0.05) is 6.42 Å². The number of hydrogen-bond donors (Lipinski definition) is 1. The summed E-state index contributed by atoms with van der Waals surface area (Å²) in [5, 5.41) is 2.74. The van der Waals surface area contributed by atoms with Crippen LogP contribution >= 0.6 is 0 Å². The van der Waals surface area contributed by atoms with Gasteiger partial charge in [-0.3, -0.25) is 4.79 Å². The summed E-state index contributed by atoms with van der Waals surface area (Å²) in [5.74, 6) is 1.38. The second-order valence-electron chi connectivity index (χ2n) is 7.38. The number of methoxy groups -OCH3 is 1. The Kier molecular flexibility index (Phi) is 8.35. The minimum absolute atomic E-state index is 0.0605. The first-order valence-electron chi connectivity index (χ1n) is 10.8. The smallest absolute Gasteiger partial charge is 0.246 e. The van der Waals surface area contributed by atoms with Crippen LogP contribution in [0, 0.1) is 0 Å². The first-order valence-corrected chi connectivity index (χ1v) is 12.2. The molecule has 1 fully saturated rings. The molecule has 174 valence electrons. The van der Waals surface area contributed by atoms with Gasteiger partial charge in [0, 0.05) is 18.8 Å². The van der Waals surface area contributed by atoms with Crippen LogP contribution in [0.2, 0.25) is 0 Å². The van der Waals surface area contributed by atoms with E-state index in [1.807, 2.05) is 6.92 Å². The summed E-state index contributed by atoms with van der Waals surface area (Å²) in [6.45, 7) is 3.68. The summed E-state index contributed by atoms with van der Waals surface area (Å²) < 4.78 is 43.9. The Balaban J connectivity index is 1.60. The average molecular weight is 463 g/mol. The van der Waals surface area contributed by atoms with Gasteiger partial charge < -0.3 is 19.5 Å². The second-order valence-corrected chi connectivity index (χ2v) is 9.29. The number of ether oxygens (including phenoxy) is 3. The minimum atomic E-state index is -3.70. The third-order valence-electron chi connectivity index (χ3n) is 5.11. The summed E-state index contributed by atoms with van der Waals surface area (Å²) >= 11 is 0. The molecule has 8 nitrogen and oxygen atoms in total. The zero-order valence-electron chi connectivity index (χ0n) is 18.5. The molecule has 1 amide bonds. The fraction of sp³-hybridized carbons (Fsp3) is 0.435. The van der Waals surface area contributed by atoms with E-state index < -0.39 is 10.0 Å². The molecule has 32 heavy (non-hydrogen) atoms. The molecule has 0 unspecified atom stereocenters. The molecule has 0 bridgehead atoms. The van der Waals surface area contributed by atoms with Gasteiger partial charge in [0.2, 0.25) is 15.9 Å². The molecular formula is C23H30N2O6S. The Hall–Kier alpha value is -2.78. The highest BCUT2D eigenvalue weighted by Gasteiger charge is 2.29. The maximum Gasteiger partial charge on any atom is 0.246 e. The SMILES string of the molecule is CCOc1ccc(OCCC(=O)Nc2ccc(OC)c(S(=O)(=O)N3CCCCC3)c2)cc1. The van der Waals surface area contributed by atoms with Crippen molar-refractivity contribution in [2.24, 2.45) is 0 Å². The van der Waals surface area contributed by atoms with Crippen LogP contribution in [0.1, 0.15) is 32.6 Å². The van der Waals surface area contributed by atoms with Gasteiger partial charge in [-0.15, -0.1) is 0 Å². The number of sulfonamides is 1. The molecule has 9 heteroatoms. The number of anilines is 1. The minimum Gasteiger partial charge on any atom is -0.495 e. The predicted octanol–water partition coefficient (Wildman–Crippen LogP) is 3.68. The molecule has 0 aromatic heterocycles. The number of hydrogen-bond acceptors (Lipinski definition) is 6. The van der Waals surface area contributed by atoms with Crippen molar-refractivity contribution in [3.8, 4) is 17.2 Å². The highest BCUT2D eigenvalue weighted by atomic mass is 32.2. The molecule has 0 atom stereocenters. The van der Waals surface area contributed by atoms with Crippen molar-refractivity contribution in [3.63, 3.8) is 0 Å². The van der Waals surface area contributed by atoms with E-state index in [9.17, 15) is 13.2 Å². The molecular weight excluding hydrogens is 432 g/mol. The van der Waals surface area contributed by atoms with Crippen LogP contribution in [0.25, 0.3) is 0 Å². The number of carbonyl (C=O) groups excluding carboxylic acids is 1. The van der Waals surface area contributed by atoms with E-state index in [1.54, 1.807) is 36.4 Å². The molecule has 2 aromatic carbocycles. The lowest BCUT2D eigenvalue weighted by molar-refractivity contribution is -0.116.